The molecule has 1 fully saturated rings. The molecule has 2 heterocycles. The fourth-order valence-corrected chi connectivity index (χ4v) is 5.33. The van der Waals surface area contributed by atoms with Crippen molar-refractivity contribution in [2.45, 2.75) is 13.0 Å². The van der Waals surface area contributed by atoms with E-state index >= 15 is 0 Å². The van der Waals surface area contributed by atoms with Gasteiger partial charge in [0.1, 0.15) is 23.0 Å². The van der Waals surface area contributed by atoms with Crippen molar-refractivity contribution in [1.82, 2.24) is 4.98 Å². The standard InChI is InChI=1S/C28H24N2O6S/c1-4-36-20-12-13-21-22(15-20)37-28(29-21)30-24(17-6-5-7-19(14-17)35-3)23(26(32)27(30)33)25(31)16-8-10-18(34-2)11-9-16/h5-15,24,31H,4H2,1-3H3/t24-/m1/s1. The predicted molar refractivity (Wildman–Crippen MR) is 142 cm³/mol. The van der Waals surface area contributed by atoms with Crippen LogP contribution in [0.2, 0.25) is 0 Å². The topological polar surface area (TPSA) is 98.2 Å². The van der Waals surface area contributed by atoms with Crippen LogP contribution in [0.3, 0.4) is 0 Å². The zero-order chi connectivity index (χ0) is 26.1. The smallest absolute Gasteiger partial charge is 0.301 e. The summed E-state index contributed by atoms with van der Waals surface area (Å²) in [6, 6.07) is 18.3. The van der Waals surface area contributed by atoms with E-state index in [4.69, 9.17) is 14.2 Å². The van der Waals surface area contributed by atoms with Gasteiger partial charge in [-0.15, -0.1) is 0 Å². The predicted octanol–water partition coefficient (Wildman–Crippen LogP) is 5.34. The number of rotatable bonds is 7. The number of ether oxygens (including phenoxy) is 3. The first-order valence-electron chi connectivity index (χ1n) is 11.6. The molecule has 5 rings (SSSR count). The lowest BCUT2D eigenvalue weighted by molar-refractivity contribution is -0.132. The summed E-state index contributed by atoms with van der Waals surface area (Å²) in [5.41, 5.74) is 1.63. The van der Waals surface area contributed by atoms with Crippen molar-refractivity contribution in [3.63, 3.8) is 0 Å². The second-order valence-corrected chi connectivity index (χ2v) is 9.24. The summed E-state index contributed by atoms with van der Waals surface area (Å²) < 4.78 is 17.0. The molecular weight excluding hydrogens is 492 g/mol. The molecular formula is C28H24N2O6S. The lowest BCUT2D eigenvalue weighted by Gasteiger charge is -2.23. The second-order valence-electron chi connectivity index (χ2n) is 8.23. The maximum absolute atomic E-state index is 13.5. The molecule has 188 valence electrons. The summed E-state index contributed by atoms with van der Waals surface area (Å²) in [4.78, 5) is 32.9. The Kier molecular flexibility index (Phi) is 6.54. The third-order valence-corrected chi connectivity index (χ3v) is 7.10. The van der Waals surface area contributed by atoms with Crippen molar-refractivity contribution in [3.8, 4) is 17.2 Å². The number of carbonyl (C=O) groups is 2. The summed E-state index contributed by atoms with van der Waals surface area (Å²) >= 11 is 1.27. The van der Waals surface area contributed by atoms with Crippen molar-refractivity contribution < 1.29 is 28.9 Å². The van der Waals surface area contributed by atoms with E-state index in [0.717, 1.165) is 4.70 Å². The minimum Gasteiger partial charge on any atom is -0.507 e. The molecule has 1 N–H and O–H groups in total. The largest absolute Gasteiger partial charge is 0.507 e. The molecule has 1 aromatic heterocycles. The van der Waals surface area contributed by atoms with Gasteiger partial charge in [-0.05, 0) is 67.1 Å². The molecule has 1 aliphatic rings. The first-order chi connectivity index (χ1) is 17.9. The zero-order valence-corrected chi connectivity index (χ0v) is 21.2. The van der Waals surface area contributed by atoms with Gasteiger partial charge in [0, 0.05) is 5.56 Å². The van der Waals surface area contributed by atoms with E-state index < -0.39 is 17.7 Å². The average Bonchev–Trinajstić information content (AvgIpc) is 3.46. The van der Waals surface area contributed by atoms with Crippen molar-refractivity contribution in [3.05, 3.63) is 83.4 Å². The van der Waals surface area contributed by atoms with Crippen LogP contribution >= 0.6 is 11.3 Å². The number of benzene rings is 3. The molecule has 1 amide bonds. The summed E-state index contributed by atoms with van der Waals surface area (Å²) in [7, 11) is 3.08. The van der Waals surface area contributed by atoms with Gasteiger partial charge < -0.3 is 19.3 Å². The van der Waals surface area contributed by atoms with Crippen LogP contribution in [-0.4, -0.2) is 42.6 Å². The van der Waals surface area contributed by atoms with Crippen molar-refractivity contribution in [2.24, 2.45) is 0 Å². The Morgan fingerprint density at radius 3 is 2.41 bits per heavy atom. The highest BCUT2D eigenvalue weighted by Gasteiger charge is 2.48. The molecule has 9 heteroatoms. The summed E-state index contributed by atoms with van der Waals surface area (Å²) in [5, 5.41) is 11.6. The molecule has 0 aliphatic carbocycles. The Morgan fingerprint density at radius 1 is 0.973 bits per heavy atom. The van der Waals surface area contributed by atoms with E-state index in [1.54, 1.807) is 55.6 Å². The summed E-state index contributed by atoms with van der Waals surface area (Å²) in [6.45, 7) is 2.42. The number of amides is 1. The number of carbonyl (C=O) groups excluding carboxylic acids is 2. The molecule has 1 aliphatic heterocycles. The maximum atomic E-state index is 13.5. The van der Waals surface area contributed by atoms with Gasteiger partial charge in [0.2, 0.25) is 0 Å². The fraction of sp³-hybridized carbons (Fsp3) is 0.179. The number of fused-ring (bicyclic) bond motifs is 1. The van der Waals surface area contributed by atoms with Crippen molar-refractivity contribution in [2.75, 3.05) is 25.7 Å². The molecule has 0 radical (unpaired) electrons. The van der Waals surface area contributed by atoms with Crippen LogP contribution in [0.4, 0.5) is 5.13 Å². The van der Waals surface area contributed by atoms with Gasteiger partial charge in [0.25, 0.3) is 5.78 Å². The third-order valence-electron chi connectivity index (χ3n) is 6.08. The Bertz CT molecular complexity index is 1530. The van der Waals surface area contributed by atoms with Crippen LogP contribution in [0.15, 0.2) is 72.3 Å². The molecule has 3 aromatic carbocycles. The molecule has 4 aromatic rings. The third kappa shape index (κ3) is 4.38. The van der Waals surface area contributed by atoms with E-state index in [9.17, 15) is 14.7 Å². The highest BCUT2D eigenvalue weighted by Crippen LogP contribution is 2.45. The van der Waals surface area contributed by atoms with Gasteiger partial charge in [-0.1, -0.05) is 23.5 Å². The number of anilines is 1. The van der Waals surface area contributed by atoms with Gasteiger partial charge in [0.15, 0.2) is 5.13 Å². The van der Waals surface area contributed by atoms with E-state index in [1.165, 1.54) is 23.3 Å². The van der Waals surface area contributed by atoms with E-state index in [1.807, 2.05) is 25.1 Å². The molecule has 1 atom stereocenters. The van der Waals surface area contributed by atoms with Crippen LogP contribution in [-0.2, 0) is 9.59 Å². The lowest BCUT2D eigenvalue weighted by Crippen LogP contribution is -2.29. The van der Waals surface area contributed by atoms with Crippen LogP contribution in [0.5, 0.6) is 17.2 Å². The first kappa shape index (κ1) is 24.3. The molecule has 1 saturated heterocycles. The highest BCUT2D eigenvalue weighted by molar-refractivity contribution is 7.22. The molecule has 0 spiro atoms. The van der Waals surface area contributed by atoms with Crippen LogP contribution in [0.1, 0.15) is 24.1 Å². The number of methoxy groups -OCH3 is 2. The SMILES string of the molecule is CCOc1ccc2nc(N3C(=O)C(=O)C(=C(O)c4ccc(OC)cc4)[C@H]3c3cccc(OC)c3)sc2c1. The highest BCUT2D eigenvalue weighted by atomic mass is 32.1. The molecule has 0 bridgehead atoms. The second kappa shape index (κ2) is 9.94. The number of nitrogens with zero attached hydrogens (tertiary/aromatic N) is 2. The van der Waals surface area contributed by atoms with Gasteiger partial charge in [-0.2, -0.15) is 0 Å². The lowest BCUT2D eigenvalue weighted by atomic mass is 9.95. The van der Waals surface area contributed by atoms with Crippen LogP contribution in [0, 0.1) is 0 Å². The van der Waals surface area contributed by atoms with Gasteiger partial charge >= 0.3 is 5.91 Å². The number of aliphatic hydroxyl groups is 1. The van der Waals surface area contributed by atoms with Gasteiger partial charge in [-0.3, -0.25) is 14.5 Å². The molecule has 0 saturated carbocycles. The number of ketones is 1. The quantitative estimate of drug-likeness (QED) is 0.201. The summed E-state index contributed by atoms with van der Waals surface area (Å²) in [6.07, 6.45) is 0. The molecule has 0 unspecified atom stereocenters. The Hall–Kier alpha value is -4.37. The van der Waals surface area contributed by atoms with E-state index in [2.05, 4.69) is 4.98 Å². The van der Waals surface area contributed by atoms with E-state index in [0.29, 0.717) is 45.6 Å². The van der Waals surface area contributed by atoms with Gasteiger partial charge in [0.05, 0.1) is 42.7 Å². The average molecular weight is 517 g/mol. The van der Waals surface area contributed by atoms with Crippen molar-refractivity contribution in [1.29, 1.82) is 0 Å². The Morgan fingerprint density at radius 2 is 1.70 bits per heavy atom. The Labute approximate surface area is 217 Å². The van der Waals surface area contributed by atoms with Crippen LogP contribution in [0.25, 0.3) is 16.0 Å². The zero-order valence-electron chi connectivity index (χ0n) is 20.4. The van der Waals surface area contributed by atoms with Gasteiger partial charge in [-0.25, -0.2) is 4.98 Å². The maximum Gasteiger partial charge on any atom is 0.301 e. The van der Waals surface area contributed by atoms with Crippen molar-refractivity contribution >= 4 is 44.1 Å². The number of thiazole rings is 1. The number of aliphatic hydroxyl groups excluding tert-OH is 1. The summed E-state index contributed by atoms with van der Waals surface area (Å²) in [5.74, 6) is -0.00465. The fourth-order valence-electron chi connectivity index (χ4n) is 4.31. The molecule has 8 nitrogen and oxygen atoms in total. The first-order valence-corrected chi connectivity index (χ1v) is 12.4. The minimum absolute atomic E-state index is 0.0299. The van der Waals surface area contributed by atoms with E-state index in [-0.39, 0.29) is 11.3 Å². The minimum atomic E-state index is -0.913. The number of hydrogen-bond acceptors (Lipinski definition) is 8. The number of hydrogen-bond donors (Lipinski definition) is 1. The molecule has 37 heavy (non-hydrogen) atoms. The number of Topliss-reactive ketones (excluding diaryl/α,β-unsaturated/α-hetero) is 1. The monoisotopic (exact) mass is 516 g/mol. The Balaban J connectivity index is 1.69. The normalized spacial score (nSPS) is 16.8. The van der Waals surface area contributed by atoms with Crippen LogP contribution < -0.4 is 19.1 Å². The number of aromatic nitrogens is 1.